The van der Waals surface area contributed by atoms with Crippen LogP contribution in [0.3, 0.4) is 0 Å². The maximum Gasteiger partial charge on any atom is 0.333 e. The Labute approximate surface area is 171 Å². The Morgan fingerprint density at radius 2 is 1.48 bits per heavy atom. The predicted molar refractivity (Wildman–Crippen MR) is 112 cm³/mol. The summed E-state index contributed by atoms with van der Waals surface area (Å²) in [5.74, 6) is 0.464. The van der Waals surface area contributed by atoms with Gasteiger partial charge in [0.05, 0.1) is 36.2 Å². The second-order valence-electron chi connectivity index (χ2n) is 6.53. The molecule has 0 aliphatic carbocycles. The average molecular weight is 391 g/mol. The number of esters is 1. The van der Waals surface area contributed by atoms with E-state index in [1.807, 2.05) is 24.3 Å². The quantitative estimate of drug-likeness (QED) is 0.202. The summed E-state index contributed by atoms with van der Waals surface area (Å²) in [6, 6.07) is 16.4. The van der Waals surface area contributed by atoms with Crippen molar-refractivity contribution in [2.24, 2.45) is 10.2 Å². The number of nitriles is 1. The van der Waals surface area contributed by atoms with E-state index in [0.29, 0.717) is 30.0 Å². The van der Waals surface area contributed by atoms with Crippen molar-refractivity contribution in [3.63, 3.8) is 0 Å². The van der Waals surface area contributed by atoms with E-state index in [0.717, 1.165) is 37.1 Å². The smallest absolute Gasteiger partial charge is 0.333 e. The molecule has 0 heterocycles. The molecule has 6 heteroatoms. The van der Waals surface area contributed by atoms with Gasteiger partial charge >= 0.3 is 5.97 Å². The summed E-state index contributed by atoms with van der Waals surface area (Å²) in [5, 5.41) is 17.1. The van der Waals surface area contributed by atoms with Crippen molar-refractivity contribution in [1.29, 1.82) is 5.26 Å². The highest BCUT2D eigenvalue weighted by atomic mass is 16.5. The number of unbranched alkanes of at least 4 members (excludes halogenated alkanes) is 3. The number of ether oxygens (including phenoxy) is 2. The van der Waals surface area contributed by atoms with Crippen LogP contribution in [-0.4, -0.2) is 19.2 Å². The fourth-order valence-electron chi connectivity index (χ4n) is 2.36. The van der Waals surface area contributed by atoms with Crippen molar-refractivity contribution in [3.8, 4) is 11.8 Å². The van der Waals surface area contributed by atoms with Crippen LogP contribution in [0, 0.1) is 11.3 Å². The van der Waals surface area contributed by atoms with Gasteiger partial charge in [-0.05, 0) is 81.1 Å². The largest absolute Gasteiger partial charge is 0.494 e. The molecule has 0 bridgehead atoms. The summed E-state index contributed by atoms with van der Waals surface area (Å²) >= 11 is 0. The molecule has 0 aliphatic rings. The maximum absolute atomic E-state index is 11.2. The normalized spacial score (nSPS) is 10.5. The van der Waals surface area contributed by atoms with Crippen LogP contribution >= 0.6 is 0 Å². The Balaban J connectivity index is 1.62. The van der Waals surface area contributed by atoms with Crippen LogP contribution in [0.4, 0.5) is 11.4 Å². The lowest BCUT2D eigenvalue weighted by atomic mass is 10.2. The third-order valence-corrected chi connectivity index (χ3v) is 4.00. The van der Waals surface area contributed by atoms with E-state index >= 15 is 0 Å². The molecular weight excluding hydrogens is 366 g/mol. The summed E-state index contributed by atoms with van der Waals surface area (Å²) in [5.41, 5.74) is 2.45. The van der Waals surface area contributed by atoms with Gasteiger partial charge in [0.1, 0.15) is 5.75 Å². The molecule has 150 valence electrons. The van der Waals surface area contributed by atoms with Crippen LogP contribution in [0.1, 0.15) is 38.2 Å². The minimum absolute atomic E-state index is 0.326. The Hall–Kier alpha value is -3.46. The Bertz CT molecular complexity index is 866. The average Bonchev–Trinajstić information content (AvgIpc) is 2.75. The summed E-state index contributed by atoms with van der Waals surface area (Å²) in [7, 11) is 0. The molecule has 2 aromatic rings. The van der Waals surface area contributed by atoms with Gasteiger partial charge in [0.25, 0.3) is 0 Å². The van der Waals surface area contributed by atoms with E-state index in [4.69, 9.17) is 14.7 Å². The van der Waals surface area contributed by atoms with Gasteiger partial charge in [-0.1, -0.05) is 6.58 Å². The van der Waals surface area contributed by atoms with Crippen LogP contribution < -0.4 is 4.74 Å². The van der Waals surface area contributed by atoms with E-state index in [1.165, 1.54) is 0 Å². The fraction of sp³-hybridized carbons (Fsp3) is 0.304. The van der Waals surface area contributed by atoms with E-state index in [-0.39, 0.29) is 5.97 Å². The van der Waals surface area contributed by atoms with Gasteiger partial charge < -0.3 is 9.47 Å². The van der Waals surface area contributed by atoms with Gasteiger partial charge in [0, 0.05) is 5.57 Å². The molecular formula is C23H25N3O3. The summed E-state index contributed by atoms with van der Waals surface area (Å²) in [6.45, 7) is 6.26. The molecule has 0 N–H and O–H groups in total. The lowest BCUT2D eigenvalue weighted by Crippen LogP contribution is -2.06. The molecule has 0 aromatic heterocycles. The van der Waals surface area contributed by atoms with E-state index in [1.54, 1.807) is 31.2 Å². The van der Waals surface area contributed by atoms with Gasteiger partial charge in [-0.25, -0.2) is 4.79 Å². The highest BCUT2D eigenvalue weighted by molar-refractivity contribution is 5.86. The molecule has 0 atom stereocenters. The Morgan fingerprint density at radius 3 is 2.03 bits per heavy atom. The van der Waals surface area contributed by atoms with E-state index in [2.05, 4.69) is 22.9 Å². The Morgan fingerprint density at radius 1 is 0.931 bits per heavy atom. The zero-order chi connectivity index (χ0) is 20.9. The van der Waals surface area contributed by atoms with Crippen molar-refractivity contribution in [3.05, 3.63) is 66.2 Å². The standard InChI is InChI=1S/C23H25N3O3/c1-18(2)23(27)29-16-6-4-3-5-15-28-22-13-11-21(12-14-22)26-25-20-9-7-19(17-24)8-10-20/h7-14H,1,3-6,15-16H2,2H3. The minimum atomic E-state index is -0.326. The number of nitrogens with zero attached hydrogens (tertiary/aromatic N) is 3. The molecule has 0 unspecified atom stereocenters. The van der Waals surface area contributed by atoms with Crippen molar-refractivity contribution in [1.82, 2.24) is 0 Å². The van der Waals surface area contributed by atoms with Gasteiger partial charge in [0.15, 0.2) is 0 Å². The van der Waals surface area contributed by atoms with Gasteiger partial charge in [-0.15, -0.1) is 0 Å². The third-order valence-electron chi connectivity index (χ3n) is 4.00. The van der Waals surface area contributed by atoms with Crippen LogP contribution in [0.25, 0.3) is 0 Å². The first-order valence-corrected chi connectivity index (χ1v) is 9.56. The predicted octanol–water partition coefficient (Wildman–Crippen LogP) is 6.03. The molecule has 0 amide bonds. The van der Waals surface area contributed by atoms with Gasteiger partial charge in [0.2, 0.25) is 0 Å². The summed E-state index contributed by atoms with van der Waals surface area (Å²) in [6.07, 6.45) is 3.79. The number of hydrogen-bond donors (Lipinski definition) is 0. The van der Waals surface area contributed by atoms with Crippen molar-refractivity contribution in [2.75, 3.05) is 13.2 Å². The molecule has 0 fully saturated rings. The number of carbonyl (C=O) groups excluding carboxylic acids is 1. The molecule has 29 heavy (non-hydrogen) atoms. The Kier molecular flexibility index (Phi) is 9.10. The number of hydrogen-bond acceptors (Lipinski definition) is 6. The van der Waals surface area contributed by atoms with Crippen LogP contribution in [-0.2, 0) is 9.53 Å². The maximum atomic E-state index is 11.2. The van der Waals surface area contributed by atoms with Crippen LogP contribution in [0.5, 0.6) is 5.75 Å². The molecule has 2 rings (SSSR count). The number of azo groups is 1. The van der Waals surface area contributed by atoms with Crippen LogP contribution in [0.2, 0.25) is 0 Å². The van der Waals surface area contributed by atoms with Crippen molar-refractivity contribution < 1.29 is 14.3 Å². The molecule has 0 saturated carbocycles. The molecule has 0 saturated heterocycles. The van der Waals surface area contributed by atoms with Gasteiger partial charge in [-0.2, -0.15) is 15.5 Å². The van der Waals surface area contributed by atoms with E-state index < -0.39 is 0 Å². The van der Waals surface area contributed by atoms with Crippen molar-refractivity contribution >= 4 is 17.3 Å². The monoisotopic (exact) mass is 391 g/mol. The van der Waals surface area contributed by atoms with E-state index in [9.17, 15) is 4.79 Å². The summed E-state index contributed by atoms with van der Waals surface area (Å²) < 4.78 is 10.8. The number of carbonyl (C=O) groups is 1. The van der Waals surface area contributed by atoms with Crippen LogP contribution in [0.15, 0.2) is 70.9 Å². The first-order valence-electron chi connectivity index (χ1n) is 9.56. The topological polar surface area (TPSA) is 84.0 Å². The second kappa shape index (κ2) is 12.1. The highest BCUT2D eigenvalue weighted by Crippen LogP contribution is 2.21. The fourth-order valence-corrected chi connectivity index (χ4v) is 2.36. The molecule has 0 aliphatic heterocycles. The summed E-state index contributed by atoms with van der Waals surface area (Å²) in [4.78, 5) is 11.2. The lowest BCUT2D eigenvalue weighted by molar-refractivity contribution is -0.139. The molecule has 0 radical (unpaired) electrons. The second-order valence-corrected chi connectivity index (χ2v) is 6.53. The first kappa shape index (κ1) is 21.8. The number of benzene rings is 2. The highest BCUT2D eigenvalue weighted by Gasteiger charge is 2.02. The third kappa shape index (κ3) is 8.39. The van der Waals surface area contributed by atoms with Crippen molar-refractivity contribution in [2.45, 2.75) is 32.6 Å². The zero-order valence-electron chi connectivity index (χ0n) is 16.6. The SMILES string of the molecule is C=C(C)C(=O)OCCCCCCOc1ccc(N=Nc2ccc(C#N)cc2)cc1. The molecule has 0 spiro atoms. The molecule has 2 aromatic carbocycles. The zero-order valence-corrected chi connectivity index (χ0v) is 16.6. The molecule has 6 nitrogen and oxygen atoms in total. The number of rotatable bonds is 11. The minimum Gasteiger partial charge on any atom is -0.494 e. The first-order chi connectivity index (χ1) is 14.1. The van der Waals surface area contributed by atoms with Gasteiger partial charge in [-0.3, -0.25) is 0 Å². The lowest BCUT2D eigenvalue weighted by Gasteiger charge is -2.07.